The molecular formula is C20H15BrClN3OS. The average molecular weight is 461 g/mol. The zero-order chi connectivity index (χ0) is 19.1. The second-order valence-corrected chi connectivity index (χ2v) is 7.22. The van der Waals surface area contributed by atoms with E-state index in [2.05, 4.69) is 31.8 Å². The second kappa shape index (κ2) is 9.50. The molecule has 0 amide bonds. The Morgan fingerprint density at radius 2 is 1.52 bits per heavy atom. The van der Waals surface area contributed by atoms with E-state index in [-0.39, 0.29) is 0 Å². The van der Waals surface area contributed by atoms with E-state index in [9.17, 15) is 0 Å². The van der Waals surface area contributed by atoms with Gasteiger partial charge in [0.05, 0.1) is 6.21 Å². The lowest BCUT2D eigenvalue weighted by Gasteiger charge is -2.07. The molecule has 0 saturated carbocycles. The third-order valence-corrected chi connectivity index (χ3v) is 4.39. The van der Waals surface area contributed by atoms with Crippen LogP contribution in [-0.4, -0.2) is 11.3 Å². The van der Waals surface area contributed by atoms with E-state index in [0.717, 1.165) is 27.2 Å². The van der Waals surface area contributed by atoms with E-state index in [4.69, 9.17) is 28.6 Å². The Bertz CT molecular complexity index is 929. The van der Waals surface area contributed by atoms with Crippen LogP contribution in [0.4, 0.5) is 5.69 Å². The predicted octanol–water partition coefficient (Wildman–Crippen LogP) is 6.22. The van der Waals surface area contributed by atoms with Crippen molar-refractivity contribution in [2.75, 3.05) is 5.32 Å². The van der Waals surface area contributed by atoms with Crippen molar-refractivity contribution < 1.29 is 4.74 Å². The van der Waals surface area contributed by atoms with Gasteiger partial charge in [0, 0.05) is 15.2 Å². The molecule has 3 aromatic carbocycles. The fourth-order valence-corrected chi connectivity index (χ4v) is 2.68. The van der Waals surface area contributed by atoms with Gasteiger partial charge in [0.1, 0.15) is 11.5 Å². The van der Waals surface area contributed by atoms with E-state index < -0.39 is 0 Å². The van der Waals surface area contributed by atoms with Gasteiger partial charge in [0.2, 0.25) is 0 Å². The Morgan fingerprint density at radius 1 is 0.926 bits per heavy atom. The van der Waals surface area contributed by atoms with Gasteiger partial charge in [-0.3, -0.25) is 5.43 Å². The van der Waals surface area contributed by atoms with Crippen LogP contribution in [0, 0.1) is 0 Å². The Kier molecular flexibility index (Phi) is 6.81. The van der Waals surface area contributed by atoms with Crippen LogP contribution in [-0.2, 0) is 0 Å². The van der Waals surface area contributed by atoms with Crippen LogP contribution in [0.5, 0.6) is 11.5 Å². The summed E-state index contributed by atoms with van der Waals surface area (Å²) >= 11 is 14.4. The van der Waals surface area contributed by atoms with Gasteiger partial charge in [-0.1, -0.05) is 27.5 Å². The summed E-state index contributed by atoms with van der Waals surface area (Å²) in [5.41, 5.74) is 4.53. The monoisotopic (exact) mass is 459 g/mol. The van der Waals surface area contributed by atoms with Gasteiger partial charge < -0.3 is 10.1 Å². The van der Waals surface area contributed by atoms with Crippen LogP contribution in [0.25, 0.3) is 0 Å². The molecule has 0 saturated heterocycles. The van der Waals surface area contributed by atoms with Gasteiger partial charge in [-0.2, -0.15) is 5.10 Å². The largest absolute Gasteiger partial charge is 0.457 e. The number of nitrogens with zero attached hydrogens (tertiary/aromatic N) is 1. The van der Waals surface area contributed by atoms with E-state index in [1.165, 1.54) is 0 Å². The maximum absolute atomic E-state index is 5.85. The average Bonchev–Trinajstić information content (AvgIpc) is 2.67. The quantitative estimate of drug-likeness (QED) is 0.270. The molecule has 0 aliphatic heterocycles. The smallest absolute Gasteiger partial charge is 0.191 e. The Morgan fingerprint density at radius 3 is 2.15 bits per heavy atom. The summed E-state index contributed by atoms with van der Waals surface area (Å²) in [6, 6.07) is 22.5. The number of anilines is 1. The molecule has 0 aliphatic carbocycles. The van der Waals surface area contributed by atoms with Crippen LogP contribution in [0.1, 0.15) is 5.56 Å². The summed E-state index contributed by atoms with van der Waals surface area (Å²) in [5, 5.41) is 8.21. The van der Waals surface area contributed by atoms with Crippen molar-refractivity contribution in [1.29, 1.82) is 0 Å². The number of hydrogen-bond acceptors (Lipinski definition) is 3. The number of thiocarbonyl (C=S) groups is 1. The molecule has 136 valence electrons. The van der Waals surface area contributed by atoms with Crippen LogP contribution in [0.2, 0.25) is 5.02 Å². The number of rotatable bonds is 5. The molecule has 3 aromatic rings. The number of nitrogens with one attached hydrogen (secondary N) is 2. The molecule has 0 unspecified atom stereocenters. The molecule has 27 heavy (non-hydrogen) atoms. The van der Waals surface area contributed by atoms with Gasteiger partial charge >= 0.3 is 0 Å². The number of ether oxygens (including phenoxy) is 1. The summed E-state index contributed by atoms with van der Waals surface area (Å²) in [6.07, 6.45) is 1.68. The van der Waals surface area contributed by atoms with E-state index in [1.54, 1.807) is 18.3 Å². The van der Waals surface area contributed by atoms with Crippen molar-refractivity contribution in [2.45, 2.75) is 0 Å². The van der Waals surface area contributed by atoms with Crippen LogP contribution >= 0.6 is 39.7 Å². The molecular weight excluding hydrogens is 446 g/mol. The first kappa shape index (κ1) is 19.4. The van der Waals surface area contributed by atoms with Crippen LogP contribution in [0.15, 0.2) is 82.4 Å². The Balaban J connectivity index is 1.50. The molecule has 0 heterocycles. The van der Waals surface area contributed by atoms with E-state index in [0.29, 0.717) is 10.1 Å². The van der Waals surface area contributed by atoms with Crippen molar-refractivity contribution in [2.24, 2.45) is 5.10 Å². The highest BCUT2D eigenvalue weighted by Gasteiger charge is 1.98. The minimum atomic E-state index is 0.392. The first-order valence-electron chi connectivity index (χ1n) is 7.97. The maximum Gasteiger partial charge on any atom is 0.191 e. The topological polar surface area (TPSA) is 45.7 Å². The molecule has 0 aromatic heterocycles. The van der Waals surface area contributed by atoms with Crippen LogP contribution in [0.3, 0.4) is 0 Å². The predicted molar refractivity (Wildman–Crippen MR) is 119 cm³/mol. The number of benzene rings is 3. The molecule has 4 nitrogen and oxygen atoms in total. The summed E-state index contributed by atoms with van der Waals surface area (Å²) in [7, 11) is 0. The highest BCUT2D eigenvalue weighted by molar-refractivity contribution is 9.10. The zero-order valence-electron chi connectivity index (χ0n) is 14.0. The zero-order valence-corrected chi connectivity index (χ0v) is 17.2. The lowest BCUT2D eigenvalue weighted by atomic mass is 10.2. The lowest BCUT2D eigenvalue weighted by molar-refractivity contribution is 0.482. The molecule has 0 fully saturated rings. The van der Waals surface area contributed by atoms with Crippen molar-refractivity contribution in [3.05, 3.63) is 87.9 Å². The highest BCUT2D eigenvalue weighted by atomic mass is 79.9. The first-order valence-corrected chi connectivity index (χ1v) is 9.55. The van der Waals surface area contributed by atoms with Gasteiger partial charge in [-0.15, -0.1) is 0 Å². The minimum Gasteiger partial charge on any atom is -0.457 e. The highest BCUT2D eigenvalue weighted by Crippen LogP contribution is 2.23. The first-order chi connectivity index (χ1) is 13.1. The number of hydrogen-bond donors (Lipinski definition) is 2. The second-order valence-electron chi connectivity index (χ2n) is 5.46. The third-order valence-electron chi connectivity index (χ3n) is 3.41. The number of halogens is 2. The Labute approximate surface area is 176 Å². The number of hydrazone groups is 1. The molecule has 7 heteroatoms. The van der Waals surface area contributed by atoms with Crippen LogP contribution < -0.4 is 15.5 Å². The normalized spacial score (nSPS) is 10.6. The van der Waals surface area contributed by atoms with Crippen molar-refractivity contribution in [3.8, 4) is 11.5 Å². The van der Waals surface area contributed by atoms with Gasteiger partial charge in [0.25, 0.3) is 0 Å². The summed E-state index contributed by atoms with van der Waals surface area (Å²) < 4.78 is 6.80. The lowest BCUT2D eigenvalue weighted by Crippen LogP contribution is -2.23. The minimum absolute atomic E-state index is 0.392. The standard InChI is InChI=1S/C20H15BrClN3OS/c21-15-3-11-19(12-4-15)26-18-9-1-14(2-10-18)13-23-25-20(27)24-17-7-5-16(22)6-8-17/h1-13H,(H2,24,25,27)/b23-13+. The third kappa shape index (κ3) is 6.36. The molecule has 2 N–H and O–H groups in total. The summed E-state index contributed by atoms with van der Waals surface area (Å²) in [5.74, 6) is 1.53. The van der Waals surface area contributed by atoms with Crippen molar-refractivity contribution in [3.63, 3.8) is 0 Å². The van der Waals surface area contributed by atoms with E-state index in [1.807, 2.05) is 60.7 Å². The maximum atomic E-state index is 5.85. The van der Waals surface area contributed by atoms with Gasteiger partial charge in [-0.25, -0.2) is 0 Å². The van der Waals surface area contributed by atoms with E-state index >= 15 is 0 Å². The van der Waals surface area contributed by atoms with Gasteiger partial charge in [-0.05, 0) is 90.6 Å². The molecule has 0 aliphatic rings. The fourth-order valence-electron chi connectivity index (χ4n) is 2.12. The summed E-state index contributed by atoms with van der Waals surface area (Å²) in [4.78, 5) is 0. The molecule has 0 bridgehead atoms. The summed E-state index contributed by atoms with van der Waals surface area (Å²) in [6.45, 7) is 0. The molecule has 0 radical (unpaired) electrons. The van der Waals surface area contributed by atoms with Gasteiger partial charge in [0.15, 0.2) is 5.11 Å². The Hall–Kier alpha value is -2.41. The fraction of sp³-hybridized carbons (Fsp3) is 0. The SMILES string of the molecule is S=C(N/N=C/c1ccc(Oc2ccc(Br)cc2)cc1)Nc1ccc(Cl)cc1. The molecule has 0 spiro atoms. The van der Waals surface area contributed by atoms with Crippen molar-refractivity contribution in [1.82, 2.24) is 5.43 Å². The molecule has 0 atom stereocenters. The van der Waals surface area contributed by atoms with Crippen molar-refractivity contribution >= 4 is 56.8 Å². The molecule has 3 rings (SSSR count).